The molecule has 1 amide bonds. The molecule has 0 bridgehead atoms. The fraction of sp³-hybridized carbons (Fsp3) is 0.667. The molecular weight excluding hydrogens is 218 g/mol. The van der Waals surface area contributed by atoms with Crippen LogP contribution in [0.1, 0.15) is 41.9 Å². The van der Waals surface area contributed by atoms with Gasteiger partial charge in [-0.25, -0.2) is 0 Å². The van der Waals surface area contributed by atoms with Crippen molar-refractivity contribution >= 4 is 5.91 Å². The first kappa shape index (κ1) is 12.1. The molecule has 1 aromatic heterocycles. The Labute approximate surface area is 101 Å². The lowest BCUT2D eigenvalue weighted by Gasteiger charge is -2.25. The van der Waals surface area contributed by atoms with E-state index in [4.69, 9.17) is 0 Å². The van der Waals surface area contributed by atoms with Crippen LogP contribution in [0.5, 0.6) is 0 Å². The van der Waals surface area contributed by atoms with Crippen molar-refractivity contribution in [3.63, 3.8) is 0 Å². The molecule has 0 aromatic carbocycles. The zero-order valence-electron chi connectivity index (χ0n) is 10.1. The van der Waals surface area contributed by atoms with Crippen molar-refractivity contribution in [2.75, 3.05) is 6.54 Å². The number of hydrogen-bond donors (Lipinski definition) is 3. The molecule has 0 spiro atoms. The minimum absolute atomic E-state index is 0.144. The molecule has 94 valence electrons. The van der Waals surface area contributed by atoms with Crippen LogP contribution >= 0.6 is 0 Å². The summed E-state index contributed by atoms with van der Waals surface area (Å²) in [4.78, 5) is 11.7. The molecular formula is C12H19N3O2. The molecule has 1 aromatic rings. The smallest absolute Gasteiger partial charge is 0.271 e. The normalized spacial score (nSPS) is 24.6. The summed E-state index contributed by atoms with van der Waals surface area (Å²) in [7, 11) is 0. The molecule has 5 heteroatoms. The number of nitrogens with one attached hydrogen (secondary N) is 2. The van der Waals surface area contributed by atoms with Gasteiger partial charge in [0.2, 0.25) is 0 Å². The van der Waals surface area contributed by atoms with E-state index in [9.17, 15) is 9.90 Å². The number of aromatic nitrogens is 2. The standard InChI is InChI=1S/C12H19N3O2/c1-8-5-11(15-14-8)12(17)13-7-9-3-2-4-10(16)6-9/h5,9-10,16H,2-4,6-7H2,1H3,(H,13,17)(H,14,15). The minimum Gasteiger partial charge on any atom is -0.393 e. The van der Waals surface area contributed by atoms with E-state index in [-0.39, 0.29) is 12.0 Å². The molecule has 3 N–H and O–H groups in total. The molecule has 2 atom stereocenters. The quantitative estimate of drug-likeness (QED) is 0.734. The van der Waals surface area contributed by atoms with Gasteiger partial charge in [-0.2, -0.15) is 5.10 Å². The monoisotopic (exact) mass is 237 g/mol. The van der Waals surface area contributed by atoms with Gasteiger partial charge >= 0.3 is 0 Å². The van der Waals surface area contributed by atoms with E-state index >= 15 is 0 Å². The Morgan fingerprint density at radius 1 is 1.65 bits per heavy atom. The third-order valence-electron chi connectivity index (χ3n) is 3.24. The van der Waals surface area contributed by atoms with Crippen LogP contribution in [-0.4, -0.2) is 33.9 Å². The SMILES string of the molecule is Cc1cc(C(=O)NCC2CCCC(O)C2)n[nH]1. The van der Waals surface area contributed by atoms with E-state index in [1.165, 1.54) is 0 Å². The molecule has 17 heavy (non-hydrogen) atoms. The fourth-order valence-electron chi connectivity index (χ4n) is 2.31. The molecule has 1 aliphatic carbocycles. The van der Waals surface area contributed by atoms with Crippen molar-refractivity contribution < 1.29 is 9.90 Å². The number of aromatic amines is 1. The van der Waals surface area contributed by atoms with Crippen LogP contribution in [0.3, 0.4) is 0 Å². The molecule has 1 fully saturated rings. The number of hydrogen-bond acceptors (Lipinski definition) is 3. The number of aliphatic hydroxyl groups is 1. The Morgan fingerprint density at radius 3 is 3.12 bits per heavy atom. The Kier molecular flexibility index (Phi) is 3.78. The van der Waals surface area contributed by atoms with Gasteiger partial charge in [0.05, 0.1) is 6.10 Å². The highest BCUT2D eigenvalue weighted by atomic mass is 16.3. The summed E-state index contributed by atoms with van der Waals surface area (Å²) in [5.74, 6) is 0.247. The first-order valence-corrected chi connectivity index (χ1v) is 6.13. The summed E-state index contributed by atoms with van der Waals surface area (Å²) in [5, 5.41) is 19.1. The van der Waals surface area contributed by atoms with Crippen molar-refractivity contribution in [1.29, 1.82) is 0 Å². The van der Waals surface area contributed by atoms with Crippen molar-refractivity contribution in [3.8, 4) is 0 Å². The highest BCUT2D eigenvalue weighted by Gasteiger charge is 2.21. The number of carbonyl (C=O) groups excluding carboxylic acids is 1. The second kappa shape index (κ2) is 5.31. The average Bonchev–Trinajstić information content (AvgIpc) is 2.73. The van der Waals surface area contributed by atoms with Crippen LogP contribution in [0.15, 0.2) is 6.07 Å². The number of aliphatic hydroxyl groups excluding tert-OH is 1. The minimum atomic E-state index is -0.196. The lowest BCUT2D eigenvalue weighted by atomic mass is 9.87. The van der Waals surface area contributed by atoms with Gasteiger partial charge in [0, 0.05) is 12.2 Å². The van der Waals surface area contributed by atoms with Gasteiger partial charge in [0.15, 0.2) is 0 Å². The molecule has 0 saturated heterocycles. The van der Waals surface area contributed by atoms with E-state index < -0.39 is 0 Å². The van der Waals surface area contributed by atoms with Crippen LogP contribution in [0.25, 0.3) is 0 Å². The number of carbonyl (C=O) groups is 1. The average molecular weight is 237 g/mol. The maximum absolute atomic E-state index is 11.7. The van der Waals surface area contributed by atoms with E-state index in [2.05, 4.69) is 15.5 Å². The summed E-state index contributed by atoms with van der Waals surface area (Å²) < 4.78 is 0. The van der Waals surface area contributed by atoms with E-state index in [1.54, 1.807) is 6.07 Å². The highest BCUT2D eigenvalue weighted by Crippen LogP contribution is 2.23. The third kappa shape index (κ3) is 3.30. The van der Waals surface area contributed by atoms with Crippen molar-refractivity contribution in [3.05, 3.63) is 17.5 Å². The summed E-state index contributed by atoms with van der Waals surface area (Å²) >= 11 is 0. The topological polar surface area (TPSA) is 78.0 Å². The van der Waals surface area contributed by atoms with Gasteiger partial charge in [0.1, 0.15) is 5.69 Å². The Hall–Kier alpha value is -1.36. The molecule has 1 saturated carbocycles. The van der Waals surface area contributed by atoms with Gasteiger partial charge in [-0.15, -0.1) is 0 Å². The molecule has 1 heterocycles. The van der Waals surface area contributed by atoms with E-state index in [0.29, 0.717) is 18.2 Å². The highest BCUT2D eigenvalue weighted by molar-refractivity contribution is 5.92. The predicted octanol–water partition coefficient (Wildman–Crippen LogP) is 0.999. The third-order valence-corrected chi connectivity index (χ3v) is 3.24. The maximum atomic E-state index is 11.7. The lowest BCUT2D eigenvalue weighted by molar-refractivity contribution is 0.0870. The number of H-pyrrole nitrogens is 1. The fourth-order valence-corrected chi connectivity index (χ4v) is 2.31. The second-order valence-electron chi connectivity index (χ2n) is 4.83. The van der Waals surface area contributed by atoms with E-state index in [0.717, 1.165) is 31.4 Å². The zero-order valence-corrected chi connectivity index (χ0v) is 10.1. The van der Waals surface area contributed by atoms with Crippen LogP contribution < -0.4 is 5.32 Å². The molecule has 0 radical (unpaired) electrons. The first-order valence-electron chi connectivity index (χ1n) is 6.13. The van der Waals surface area contributed by atoms with Crippen molar-refractivity contribution in [2.45, 2.75) is 38.7 Å². The maximum Gasteiger partial charge on any atom is 0.271 e. The van der Waals surface area contributed by atoms with Gasteiger partial charge in [-0.05, 0) is 38.2 Å². The lowest BCUT2D eigenvalue weighted by Crippen LogP contribution is -2.33. The number of nitrogens with zero attached hydrogens (tertiary/aromatic N) is 1. The molecule has 2 rings (SSSR count). The molecule has 1 aliphatic rings. The predicted molar refractivity (Wildman–Crippen MR) is 63.6 cm³/mol. The van der Waals surface area contributed by atoms with Crippen LogP contribution in [0, 0.1) is 12.8 Å². The number of amides is 1. The molecule has 5 nitrogen and oxygen atoms in total. The van der Waals surface area contributed by atoms with Crippen LogP contribution in [0.4, 0.5) is 0 Å². The van der Waals surface area contributed by atoms with Gasteiger partial charge in [-0.1, -0.05) is 6.42 Å². The summed E-state index contributed by atoms with van der Waals surface area (Å²) in [5.41, 5.74) is 1.31. The molecule has 0 aliphatic heterocycles. The Bertz CT molecular complexity index is 389. The van der Waals surface area contributed by atoms with Crippen molar-refractivity contribution in [2.24, 2.45) is 5.92 Å². The van der Waals surface area contributed by atoms with Crippen LogP contribution in [0.2, 0.25) is 0 Å². The Morgan fingerprint density at radius 2 is 2.47 bits per heavy atom. The van der Waals surface area contributed by atoms with Crippen LogP contribution in [-0.2, 0) is 0 Å². The largest absolute Gasteiger partial charge is 0.393 e. The first-order chi connectivity index (χ1) is 8.15. The summed E-state index contributed by atoms with van der Waals surface area (Å²) in [6.07, 6.45) is 3.61. The van der Waals surface area contributed by atoms with Gasteiger partial charge in [0.25, 0.3) is 5.91 Å². The van der Waals surface area contributed by atoms with Gasteiger partial charge < -0.3 is 10.4 Å². The molecule has 2 unspecified atom stereocenters. The second-order valence-corrected chi connectivity index (χ2v) is 4.83. The van der Waals surface area contributed by atoms with Crippen molar-refractivity contribution in [1.82, 2.24) is 15.5 Å². The number of rotatable bonds is 3. The Balaban J connectivity index is 1.80. The summed E-state index contributed by atoms with van der Waals surface area (Å²) in [6, 6.07) is 1.73. The van der Waals surface area contributed by atoms with Gasteiger partial charge in [-0.3, -0.25) is 9.89 Å². The van der Waals surface area contributed by atoms with E-state index in [1.807, 2.05) is 6.92 Å². The zero-order chi connectivity index (χ0) is 12.3. The number of aryl methyl sites for hydroxylation is 1. The summed E-state index contributed by atoms with van der Waals surface area (Å²) in [6.45, 7) is 2.49.